The van der Waals surface area contributed by atoms with Crippen LogP contribution in [0.25, 0.3) is 0 Å². The molecule has 1 aliphatic heterocycles. The van der Waals surface area contributed by atoms with Crippen molar-refractivity contribution in [1.82, 2.24) is 10.1 Å². The third kappa shape index (κ3) is 3.66. The van der Waals surface area contributed by atoms with Crippen LogP contribution in [0.4, 0.5) is 10.7 Å². The lowest BCUT2D eigenvalue weighted by Gasteiger charge is -2.29. The summed E-state index contributed by atoms with van der Waals surface area (Å²) in [4.78, 5) is 24.3. The Morgan fingerprint density at radius 2 is 2.29 bits per heavy atom. The van der Waals surface area contributed by atoms with Gasteiger partial charge in [-0.25, -0.2) is 4.79 Å². The van der Waals surface area contributed by atoms with Gasteiger partial charge in [-0.05, 0) is 19.8 Å². The highest BCUT2D eigenvalue weighted by molar-refractivity contribution is 6.17. The van der Waals surface area contributed by atoms with Gasteiger partial charge in [0, 0.05) is 24.8 Å². The predicted octanol–water partition coefficient (Wildman–Crippen LogP) is 2.45. The van der Waals surface area contributed by atoms with Crippen LogP contribution in [0.15, 0.2) is 4.52 Å². The van der Waals surface area contributed by atoms with Crippen LogP contribution in [0, 0.1) is 0 Å². The Balaban J connectivity index is 2.04. The van der Waals surface area contributed by atoms with Gasteiger partial charge in [0.15, 0.2) is 0 Å². The molecule has 0 spiro atoms. The Morgan fingerprint density at radius 1 is 1.52 bits per heavy atom. The molecule has 1 aromatic rings. The van der Waals surface area contributed by atoms with E-state index < -0.39 is 6.09 Å². The zero-order valence-corrected chi connectivity index (χ0v) is 12.5. The number of aromatic nitrogens is 1. The van der Waals surface area contributed by atoms with E-state index in [1.165, 1.54) is 4.90 Å². The zero-order valence-electron chi connectivity index (χ0n) is 11.8. The summed E-state index contributed by atoms with van der Waals surface area (Å²) >= 11 is 5.56. The highest BCUT2D eigenvalue weighted by Gasteiger charge is 2.32. The highest BCUT2D eigenvalue weighted by Crippen LogP contribution is 2.29. The number of halogens is 1. The number of alkyl halides is 1. The first kappa shape index (κ1) is 15.6. The van der Waals surface area contributed by atoms with E-state index in [0.717, 1.165) is 6.42 Å². The lowest BCUT2D eigenvalue weighted by Crippen LogP contribution is -2.41. The highest BCUT2D eigenvalue weighted by atomic mass is 35.5. The van der Waals surface area contributed by atoms with Crippen LogP contribution in [0.2, 0.25) is 0 Å². The van der Waals surface area contributed by atoms with Crippen molar-refractivity contribution < 1.29 is 19.2 Å². The smallest absolute Gasteiger partial charge is 0.407 e. The molecule has 0 bridgehead atoms. The van der Waals surface area contributed by atoms with E-state index in [1.807, 2.05) is 6.92 Å². The number of rotatable bonds is 5. The van der Waals surface area contributed by atoms with E-state index in [1.54, 1.807) is 0 Å². The van der Waals surface area contributed by atoms with Crippen LogP contribution in [0.1, 0.15) is 37.4 Å². The zero-order chi connectivity index (χ0) is 15.4. The van der Waals surface area contributed by atoms with Crippen molar-refractivity contribution in [2.75, 3.05) is 11.2 Å². The molecule has 1 aromatic heterocycles. The minimum atomic E-state index is -0.992. The molecule has 2 amide bonds. The van der Waals surface area contributed by atoms with Gasteiger partial charge in [-0.2, -0.15) is 0 Å². The average molecular weight is 316 g/mol. The molecule has 0 saturated carbocycles. The molecule has 1 unspecified atom stereocenters. The average Bonchev–Trinajstić information content (AvgIpc) is 2.80. The first-order valence-corrected chi connectivity index (χ1v) is 7.39. The summed E-state index contributed by atoms with van der Waals surface area (Å²) < 4.78 is 5.14. The van der Waals surface area contributed by atoms with Gasteiger partial charge in [-0.15, -0.1) is 11.6 Å². The molecule has 1 aliphatic rings. The van der Waals surface area contributed by atoms with Gasteiger partial charge in [0.05, 0.1) is 17.8 Å². The van der Waals surface area contributed by atoms with Crippen LogP contribution >= 0.6 is 11.6 Å². The summed E-state index contributed by atoms with van der Waals surface area (Å²) in [5.41, 5.74) is 1.34. The number of carboxylic acid groups (broad SMARTS) is 1. The molecule has 1 atom stereocenters. The van der Waals surface area contributed by atoms with Crippen molar-refractivity contribution in [3.05, 3.63) is 11.3 Å². The number of fused-ring (bicyclic) bond motifs is 1. The Kier molecular flexibility index (Phi) is 5.06. The Labute approximate surface area is 127 Å². The van der Waals surface area contributed by atoms with E-state index in [9.17, 15) is 9.59 Å². The molecule has 2 heterocycles. The van der Waals surface area contributed by atoms with Gasteiger partial charge in [-0.3, -0.25) is 10.1 Å². The predicted molar refractivity (Wildman–Crippen MR) is 76.4 cm³/mol. The number of hydrogen-bond donors (Lipinski definition) is 2. The van der Waals surface area contributed by atoms with E-state index in [2.05, 4.69) is 10.5 Å². The normalized spacial score (nSPS) is 17.4. The largest absolute Gasteiger partial charge is 0.465 e. The first-order chi connectivity index (χ1) is 10.0. The van der Waals surface area contributed by atoms with Crippen molar-refractivity contribution in [2.24, 2.45) is 0 Å². The summed E-state index contributed by atoms with van der Waals surface area (Å²) in [6.45, 7) is 1.99. The van der Waals surface area contributed by atoms with Gasteiger partial charge in [0.2, 0.25) is 11.8 Å². The lowest BCUT2D eigenvalue weighted by molar-refractivity contribution is -0.116. The summed E-state index contributed by atoms with van der Waals surface area (Å²) in [7, 11) is 0. The quantitative estimate of drug-likeness (QED) is 0.642. The van der Waals surface area contributed by atoms with Crippen LogP contribution in [0.5, 0.6) is 0 Å². The van der Waals surface area contributed by atoms with E-state index >= 15 is 0 Å². The fourth-order valence-corrected chi connectivity index (χ4v) is 2.49. The number of carbonyl (C=O) groups is 2. The summed E-state index contributed by atoms with van der Waals surface area (Å²) in [6, 6.07) is -0.160. The molecule has 116 valence electrons. The van der Waals surface area contributed by atoms with E-state index in [0.29, 0.717) is 36.4 Å². The van der Waals surface area contributed by atoms with Crippen molar-refractivity contribution in [3.63, 3.8) is 0 Å². The summed E-state index contributed by atoms with van der Waals surface area (Å²) in [5.74, 6) is 0.592. The molecular formula is C13H18ClN3O4. The molecule has 2 N–H and O–H groups in total. The van der Waals surface area contributed by atoms with Crippen LogP contribution in [-0.2, 0) is 17.8 Å². The second-order valence-electron chi connectivity index (χ2n) is 5.09. The molecule has 0 aliphatic carbocycles. The number of nitrogens with zero attached hydrogens (tertiary/aromatic N) is 2. The van der Waals surface area contributed by atoms with Crippen molar-refractivity contribution in [2.45, 2.75) is 45.2 Å². The van der Waals surface area contributed by atoms with Crippen molar-refractivity contribution >= 4 is 29.5 Å². The van der Waals surface area contributed by atoms with Crippen molar-refractivity contribution in [3.8, 4) is 0 Å². The van der Waals surface area contributed by atoms with E-state index in [4.69, 9.17) is 21.2 Å². The lowest BCUT2D eigenvalue weighted by atomic mass is 10.0. The van der Waals surface area contributed by atoms with Gasteiger partial charge in [0.25, 0.3) is 0 Å². The number of carbonyl (C=O) groups excluding carboxylic acids is 1. The Bertz CT molecular complexity index is 531. The van der Waals surface area contributed by atoms with Gasteiger partial charge in [-0.1, -0.05) is 5.16 Å². The fourth-order valence-electron chi connectivity index (χ4n) is 2.31. The maximum absolute atomic E-state index is 11.8. The van der Waals surface area contributed by atoms with Gasteiger partial charge < -0.3 is 14.5 Å². The number of hydrogen-bond acceptors (Lipinski definition) is 4. The maximum atomic E-state index is 11.8. The SMILES string of the molecule is CC1Cc2noc(NC(=O)CCCCCl)c2CN1C(=O)O. The van der Waals surface area contributed by atoms with Crippen molar-refractivity contribution in [1.29, 1.82) is 0 Å². The Morgan fingerprint density at radius 3 is 2.95 bits per heavy atom. The van der Waals surface area contributed by atoms with Gasteiger partial charge >= 0.3 is 6.09 Å². The minimum absolute atomic E-state index is 0.160. The maximum Gasteiger partial charge on any atom is 0.407 e. The second-order valence-corrected chi connectivity index (χ2v) is 5.47. The topological polar surface area (TPSA) is 95.7 Å². The molecule has 7 nitrogen and oxygen atoms in total. The molecule has 0 fully saturated rings. The fraction of sp³-hybridized carbons (Fsp3) is 0.615. The molecule has 2 rings (SSSR count). The number of amides is 2. The monoisotopic (exact) mass is 315 g/mol. The molecular weight excluding hydrogens is 298 g/mol. The van der Waals surface area contributed by atoms with Crippen LogP contribution in [0.3, 0.4) is 0 Å². The number of unbranched alkanes of at least 4 members (excludes halogenated alkanes) is 1. The molecule has 0 saturated heterocycles. The molecule has 0 aromatic carbocycles. The third-order valence-corrected chi connectivity index (χ3v) is 3.77. The van der Waals surface area contributed by atoms with E-state index in [-0.39, 0.29) is 24.4 Å². The standard InChI is InChI=1S/C13H18ClN3O4/c1-8-6-10-9(7-17(8)13(19)20)12(21-16-10)15-11(18)4-2-3-5-14/h8H,2-7H2,1H3,(H,15,18)(H,19,20). The minimum Gasteiger partial charge on any atom is -0.465 e. The Hall–Kier alpha value is -1.76. The molecule has 0 radical (unpaired) electrons. The number of nitrogens with one attached hydrogen (secondary N) is 1. The second kappa shape index (κ2) is 6.80. The van der Waals surface area contributed by atoms with Gasteiger partial charge in [0.1, 0.15) is 0 Å². The number of anilines is 1. The van der Waals surface area contributed by atoms with Crippen LogP contribution in [-0.4, -0.2) is 39.1 Å². The first-order valence-electron chi connectivity index (χ1n) is 6.85. The molecule has 21 heavy (non-hydrogen) atoms. The summed E-state index contributed by atoms with van der Waals surface area (Å²) in [5, 5.41) is 15.7. The third-order valence-electron chi connectivity index (χ3n) is 3.50. The summed E-state index contributed by atoms with van der Waals surface area (Å²) in [6.07, 6.45) is 1.31. The molecule has 8 heteroatoms. The van der Waals surface area contributed by atoms with Crippen LogP contribution < -0.4 is 5.32 Å².